The van der Waals surface area contributed by atoms with Crippen molar-refractivity contribution in [1.29, 1.82) is 0 Å². The molecule has 2 aromatic carbocycles. The van der Waals surface area contributed by atoms with Crippen molar-refractivity contribution >= 4 is 28.6 Å². The van der Waals surface area contributed by atoms with Gasteiger partial charge in [0.15, 0.2) is 5.69 Å². The predicted molar refractivity (Wildman–Crippen MR) is 83.2 cm³/mol. The molecule has 0 unspecified atom stereocenters. The molecule has 0 aliphatic heterocycles. The molecule has 0 saturated carbocycles. The molecule has 3 rings (SSSR count). The summed E-state index contributed by atoms with van der Waals surface area (Å²) >= 11 is 6.08. The van der Waals surface area contributed by atoms with Gasteiger partial charge in [-0.15, -0.1) is 0 Å². The van der Waals surface area contributed by atoms with Crippen LogP contribution in [-0.4, -0.2) is 22.6 Å². The second kappa shape index (κ2) is 7.77. The van der Waals surface area contributed by atoms with Gasteiger partial charge in [-0.2, -0.15) is 0 Å². The van der Waals surface area contributed by atoms with E-state index in [4.69, 9.17) is 16.3 Å². The summed E-state index contributed by atoms with van der Waals surface area (Å²) in [6, 6.07) is 11.5. The average molecular weight is 369 g/mol. The first-order chi connectivity index (χ1) is 11.0. The van der Waals surface area contributed by atoms with Gasteiger partial charge in [0.25, 0.3) is 5.56 Å². The minimum atomic E-state index is -1.65. The quantitative estimate of drug-likeness (QED) is 0.521. The van der Waals surface area contributed by atoms with Crippen LogP contribution in [-0.2, 0) is 0 Å². The Bertz CT molecular complexity index is 970. The Balaban J connectivity index is 0.00000208. The van der Waals surface area contributed by atoms with Crippen molar-refractivity contribution in [1.82, 2.24) is 9.55 Å². The van der Waals surface area contributed by atoms with E-state index >= 15 is 0 Å². The molecule has 0 bridgehead atoms. The van der Waals surface area contributed by atoms with Gasteiger partial charge in [-0.25, -0.2) is 4.98 Å². The molecule has 0 fully saturated rings. The topological polar surface area (TPSA) is 84.2 Å². The van der Waals surface area contributed by atoms with Crippen molar-refractivity contribution < 1.29 is 66.0 Å². The van der Waals surface area contributed by atoms with Crippen molar-refractivity contribution in [3.05, 3.63) is 63.5 Å². The van der Waals surface area contributed by atoms with E-state index < -0.39 is 17.2 Å². The summed E-state index contributed by atoms with van der Waals surface area (Å²) in [6.45, 7) is 0. The number of methoxy groups -OCH3 is 1. The van der Waals surface area contributed by atoms with E-state index in [1.807, 2.05) is 0 Å². The molecule has 0 saturated heterocycles. The number of halogens is 1. The molecule has 24 heavy (non-hydrogen) atoms. The van der Waals surface area contributed by atoms with Gasteiger partial charge in [-0.05, 0) is 36.4 Å². The maximum absolute atomic E-state index is 12.5. The fourth-order valence-corrected chi connectivity index (χ4v) is 2.50. The number of nitrogens with zero attached hydrogens (tertiary/aromatic N) is 2. The van der Waals surface area contributed by atoms with Crippen LogP contribution in [0.15, 0.2) is 47.3 Å². The smallest absolute Gasteiger partial charge is 0.543 e. The van der Waals surface area contributed by atoms with E-state index in [0.717, 1.165) is 0 Å². The molecule has 0 aliphatic carbocycles. The number of carboxylic acid groups (broad SMARTS) is 1. The van der Waals surface area contributed by atoms with Crippen molar-refractivity contribution in [2.24, 2.45) is 0 Å². The second-order valence-electron chi connectivity index (χ2n) is 4.69. The van der Waals surface area contributed by atoms with Crippen LogP contribution in [0.25, 0.3) is 16.7 Å². The maximum Gasteiger partial charge on any atom is 1.00 e. The maximum atomic E-state index is 12.5. The number of aromatic carboxylic acids is 1. The zero-order valence-corrected chi connectivity index (χ0v) is 16.8. The number of aromatic nitrogens is 2. The summed E-state index contributed by atoms with van der Waals surface area (Å²) < 4.78 is 6.31. The molecule has 0 amide bonds. The number of carboxylic acids is 1. The summed E-state index contributed by atoms with van der Waals surface area (Å²) in [5.41, 5.74) is -0.402. The fraction of sp³-hybridized carbons (Fsp3) is 0.0625. The van der Waals surface area contributed by atoms with Gasteiger partial charge in [0.05, 0.1) is 23.6 Å². The third-order valence-electron chi connectivity index (χ3n) is 3.36. The Morgan fingerprint density at radius 3 is 2.46 bits per heavy atom. The number of carbonyl (C=O) groups is 1. The Kier molecular flexibility index (Phi) is 6.19. The Morgan fingerprint density at radius 2 is 1.88 bits per heavy atom. The van der Waals surface area contributed by atoms with Crippen LogP contribution in [0.2, 0.25) is 5.02 Å². The van der Waals surface area contributed by atoms with E-state index in [1.165, 1.54) is 11.7 Å². The molecule has 0 N–H and O–H groups in total. The minimum absolute atomic E-state index is 0. The van der Waals surface area contributed by atoms with Crippen molar-refractivity contribution in [3.8, 4) is 11.4 Å². The molecule has 6 nitrogen and oxygen atoms in total. The number of para-hydroxylation sites is 1. The third-order valence-corrected chi connectivity index (χ3v) is 3.66. The minimum Gasteiger partial charge on any atom is -0.543 e. The molecule has 0 spiro atoms. The van der Waals surface area contributed by atoms with Crippen molar-refractivity contribution in [2.75, 3.05) is 7.11 Å². The molecule has 1 heterocycles. The Labute approximate surface area is 184 Å². The van der Waals surface area contributed by atoms with E-state index in [-0.39, 0.29) is 61.9 Å². The van der Waals surface area contributed by atoms with Gasteiger partial charge >= 0.3 is 51.4 Å². The molecular weight excluding hydrogens is 359 g/mol. The number of rotatable bonds is 3. The first-order valence-electron chi connectivity index (χ1n) is 6.60. The first kappa shape index (κ1) is 19.1. The van der Waals surface area contributed by atoms with E-state index in [1.54, 1.807) is 42.5 Å². The van der Waals surface area contributed by atoms with E-state index in [2.05, 4.69) is 4.98 Å². The van der Waals surface area contributed by atoms with Gasteiger partial charge in [-0.3, -0.25) is 9.36 Å². The summed E-state index contributed by atoms with van der Waals surface area (Å²) in [4.78, 5) is 27.5. The number of fused-ring (bicyclic) bond motifs is 1. The SMILES string of the molecule is COc1ccc(-n2c(=O)c(C(=O)[O-])nc3c(Cl)cccc32)cc1.[K+]. The Hall–Kier alpha value is -1.22. The van der Waals surface area contributed by atoms with Crippen LogP contribution in [0, 0.1) is 0 Å². The number of ether oxygens (including phenoxy) is 1. The zero-order valence-electron chi connectivity index (χ0n) is 12.9. The zero-order chi connectivity index (χ0) is 16.6. The number of carbonyl (C=O) groups excluding carboxylic acids is 1. The summed E-state index contributed by atoms with van der Waals surface area (Å²) in [7, 11) is 1.52. The van der Waals surface area contributed by atoms with E-state index in [9.17, 15) is 14.7 Å². The van der Waals surface area contributed by atoms with Crippen molar-refractivity contribution in [3.63, 3.8) is 0 Å². The molecular formula is C16H10ClKN2O4. The summed E-state index contributed by atoms with van der Waals surface area (Å²) in [5.74, 6) is -1.04. The molecule has 0 aliphatic rings. The normalized spacial score (nSPS) is 10.2. The molecule has 116 valence electrons. The molecule has 0 atom stereocenters. The van der Waals surface area contributed by atoms with Gasteiger partial charge < -0.3 is 14.6 Å². The summed E-state index contributed by atoms with van der Waals surface area (Å²) in [5, 5.41) is 11.5. The number of hydrogen-bond acceptors (Lipinski definition) is 5. The molecule has 8 heteroatoms. The first-order valence-corrected chi connectivity index (χ1v) is 6.98. The van der Waals surface area contributed by atoms with Crippen LogP contribution >= 0.6 is 11.6 Å². The predicted octanol–water partition coefficient (Wildman–Crippen LogP) is -1.58. The molecule has 3 aromatic rings. The van der Waals surface area contributed by atoms with Crippen molar-refractivity contribution in [2.45, 2.75) is 0 Å². The standard InChI is InChI=1S/C16H11ClN2O4.K/c1-23-10-7-5-9(6-8-10)19-12-4-2-3-11(17)13(12)18-14(15(19)20)16(21)22;/h2-8H,1H3,(H,21,22);/q;+1/p-1. The van der Waals surface area contributed by atoms with Gasteiger partial charge in [0, 0.05) is 5.69 Å². The fourth-order valence-electron chi connectivity index (χ4n) is 2.29. The number of benzene rings is 2. The van der Waals surface area contributed by atoms with E-state index in [0.29, 0.717) is 17.0 Å². The van der Waals surface area contributed by atoms with Crippen LogP contribution in [0.3, 0.4) is 0 Å². The average Bonchev–Trinajstić information content (AvgIpc) is 2.54. The van der Waals surface area contributed by atoms with Gasteiger partial charge in [0.1, 0.15) is 11.3 Å². The number of hydrogen-bond donors (Lipinski definition) is 0. The van der Waals surface area contributed by atoms with Crippen LogP contribution < -0.4 is 66.8 Å². The monoisotopic (exact) mass is 368 g/mol. The largest absolute Gasteiger partial charge is 1.00 e. The van der Waals surface area contributed by atoms with Gasteiger partial charge in [0.2, 0.25) is 0 Å². The Morgan fingerprint density at radius 1 is 1.21 bits per heavy atom. The molecule has 0 radical (unpaired) electrons. The van der Waals surface area contributed by atoms with Gasteiger partial charge in [-0.1, -0.05) is 17.7 Å². The van der Waals surface area contributed by atoms with Crippen LogP contribution in [0.1, 0.15) is 10.5 Å². The molecule has 1 aromatic heterocycles. The van der Waals surface area contributed by atoms with Crippen LogP contribution in [0.5, 0.6) is 5.75 Å². The third kappa shape index (κ3) is 3.42. The summed E-state index contributed by atoms with van der Waals surface area (Å²) in [6.07, 6.45) is 0. The van der Waals surface area contributed by atoms with Crippen LogP contribution in [0.4, 0.5) is 0 Å². The second-order valence-corrected chi connectivity index (χ2v) is 5.10.